The first-order valence-electron chi connectivity index (χ1n) is 8.45. The highest BCUT2D eigenvalue weighted by molar-refractivity contribution is 6.02. The number of carbonyl (C=O) groups excluding carboxylic acids is 1. The van der Waals surface area contributed by atoms with Crippen molar-refractivity contribution >= 4 is 23.1 Å². The SMILES string of the molecule is Cc1nccn1-c1cc(Nc2ccc(NC(=O)c3cn(C)nn3)cc2)ncn1. The van der Waals surface area contributed by atoms with Crippen molar-refractivity contribution in [1.29, 1.82) is 0 Å². The Bertz CT molecular complexity index is 1110. The van der Waals surface area contributed by atoms with Gasteiger partial charge in [-0.25, -0.2) is 15.0 Å². The number of carbonyl (C=O) groups is 1. The Labute approximate surface area is 160 Å². The summed E-state index contributed by atoms with van der Waals surface area (Å²) in [5, 5.41) is 13.5. The van der Waals surface area contributed by atoms with Crippen molar-refractivity contribution in [2.75, 3.05) is 10.6 Å². The Morgan fingerprint density at radius 1 is 1.07 bits per heavy atom. The molecule has 28 heavy (non-hydrogen) atoms. The summed E-state index contributed by atoms with van der Waals surface area (Å²) in [6.45, 7) is 1.91. The molecule has 0 aliphatic rings. The Kier molecular flexibility index (Phi) is 4.50. The largest absolute Gasteiger partial charge is 0.340 e. The van der Waals surface area contributed by atoms with Crippen LogP contribution in [0.4, 0.5) is 17.2 Å². The van der Waals surface area contributed by atoms with E-state index in [1.165, 1.54) is 11.0 Å². The second kappa shape index (κ2) is 7.27. The van der Waals surface area contributed by atoms with Gasteiger partial charge in [0.05, 0.1) is 6.20 Å². The summed E-state index contributed by atoms with van der Waals surface area (Å²) < 4.78 is 3.35. The lowest BCUT2D eigenvalue weighted by molar-refractivity contribution is 0.102. The lowest BCUT2D eigenvalue weighted by Gasteiger charge is -2.09. The Hall–Kier alpha value is -4.08. The predicted molar refractivity (Wildman–Crippen MR) is 103 cm³/mol. The molecule has 4 aromatic rings. The van der Waals surface area contributed by atoms with Gasteiger partial charge in [-0.2, -0.15) is 0 Å². The first-order valence-corrected chi connectivity index (χ1v) is 8.45. The number of hydrogen-bond donors (Lipinski definition) is 2. The molecule has 4 rings (SSSR count). The molecule has 0 spiro atoms. The molecule has 10 nitrogen and oxygen atoms in total. The zero-order chi connectivity index (χ0) is 19.5. The van der Waals surface area contributed by atoms with Gasteiger partial charge in [0, 0.05) is 36.9 Å². The fraction of sp³-hybridized carbons (Fsp3) is 0.111. The third kappa shape index (κ3) is 3.70. The van der Waals surface area contributed by atoms with Gasteiger partial charge >= 0.3 is 0 Å². The average molecular weight is 375 g/mol. The van der Waals surface area contributed by atoms with Gasteiger partial charge in [0.1, 0.15) is 23.8 Å². The smallest absolute Gasteiger partial charge is 0.277 e. The molecule has 0 aliphatic carbocycles. The van der Waals surface area contributed by atoms with Crippen molar-refractivity contribution in [3.05, 3.63) is 66.8 Å². The second-order valence-corrected chi connectivity index (χ2v) is 6.04. The molecule has 0 unspecified atom stereocenters. The van der Waals surface area contributed by atoms with Crippen LogP contribution in [0.3, 0.4) is 0 Å². The molecule has 0 saturated heterocycles. The van der Waals surface area contributed by atoms with Gasteiger partial charge in [0.15, 0.2) is 5.69 Å². The molecule has 3 aromatic heterocycles. The number of nitrogens with zero attached hydrogens (tertiary/aromatic N) is 7. The molecule has 0 atom stereocenters. The number of anilines is 3. The van der Waals surface area contributed by atoms with E-state index in [9.17, 15) is 4.79 Å². The summed E-state index contributed by atoms with van der Waals surface area (Å²) >= 11 is 0. The monoisotopic (exact) mass is 375 g/mol. The molecule has 1 aromatic carbocycles. The average Bonchev–Trinajstić information content (AvgIpc) is 3.32. The van der Waals surface area contributed by atoms with E-state index in [2.05, 4.69) is 35.9 Å². The molecule has 1 amide bonds. The van der Waals surface area contributed by atoms with Gasteiger partial charge < -0.3 is 10.6 Å². The number of hydrogen-bond acceptors (Lipinski definition) is 7. The molecule has 0 aliphatic heterocycles. The fourth-order valence-corrected chi connectivity index (χ4v) is 2.60. The summed E-state index contributed by atoms with van der Waals surface area (Å²) in [6.07, 6.45) is 6.61. The second-order valence-electron chi connectivity index (χ2n) is 6.04. The Morgan fingerprint density at radius 3 is 2.54 bits per heavy atom. The number of imidazole rings is 1. The lowest BCUT2D eigenvalue weighted by atomic mass is 10.2. The van der Waals surface area contributed by atoms with Crippen LogP contribution in [0.2, 0.25) is 0 Å². The van der Waals surface area contributed by atoms with Crippen LogP contribution in [0.15, 0.2) is 55.2 Å². The summed E-state index contributed by atoms with van der Waals surface area (Å²) in [4.78, 5) is 24.8. The zero-order valence-electron chi connectivity index (χ0n) is 15.2. The first-order chi connectivity index (χ1) is 13.6. The normalized spacial score (nSPS) is 10.6. The van der Waals surface area contributed by atoms with E-state index in [0.29, 0.717) is 11.5 Å². The number of amides is 1. The minimum atomic E-state index is -0.315. The molecule has 3 heterocycles. The molecule has 10 heteroatoms. The molecular formula is C18H17N9O. The third-order valence-electron chi connectivity index (χ3n) is 3.98. The highest BCUT2D eigenvalue weighted by Gasteiger charge is 2.10. The van der Waals surface area contributed by atoms with Crippen LogP contribution >= 0.6 is 0 Å². The Balaban J connectivity index is 1.45. The van der Waals surface area contributed by atoms with Crippen LogP contribution in [0.25, 0.3) is 5.82 Å². The maximum atomic E-state index is 12.1. The maximum Gasteiger partial charge on any atom is 0.277 e. The molecule has 140 valence electrons. The minimum absolute atomic E-state index is 0.257. The molecule has 0 radical (unpaired) electrons. The lowest BCUT2D eigenvalue weighted by Crippen LogP contribution is -2.12. The van der Waals surface area contributed by atoms with E-state index in [1.54, 1.807) is 31.6 Å². The highest BCUT2D eigenvalue weighted by atomic mass is 16.2. The zero-order valence-corrected chi connectivity index (χ0v) is 15.2. The van der Waals surface area contributed by atoms with Gasteiger partial charge in [-0.1, -0.05) is 5.21 Å². The van der Waals surface area contributed by atoms with Gasteiger partial charge in [0.2, 0.25) is 0 Å². The number of benzene rings is 1. The molecule has 0 fully saturated rings. The summed E-state index contributed by atoms with van der Waals surface area (Å²) in [5.41, 5.74) is 1.73. The van der Waals surface area contributed by atoms with Crippen molar-refractivity contribution in [2.45, 2.75) is 6.92 Å². The minimum Gasteiger partial charge on any atom is -0.340 e. The van der Waals surface area contributed by atoms with Crippen molar-refractivity contribution < 1.29 is 4.79 Å². The third-order valence-corrected chi connectivity index (χ3v) is 3.98. The van der Waals surface area contributed by atoms with E-state index in [0.717, 1.165) is 17.3 Å². The van der Waals surface area contributed by atoms with Crippen molar-refractivity contribution in [3.63, 3.8) is 0 Å². The predicted octanol–water partition coefficient (Wildman–Crippen LogP) is 2.10. The van der Waals surface area contributed by atoms with E-state index in [1.807, 2.05) is 35.9 Å². The number of rotatable bonds is 5. The number of aryl methyl sites for hydroxylation is 2. The summed E-state index contributed by atoms with van der Waals surface area (Å²) in [7, 11) is 1.71. The van der Waals surface area contributed by atoms with Crippen LogP contribution in [0.5, 0.6) is 0 Å². The maximum absolute atomic E-state index is 12.1. The first kappa shape index (κ1) is 17.3. The molecular weight excluding hydrogens is 358 g/mol. The van der Waals surface area contributed by atoms with Gasteiger partial charge in [-0.3, -0.25) is 14.0 Å². The van der Waals surface area contributed by atoms with Crippen LogP contribution in [-0.4, -0.2) is 40.4 Å². The van der Waals surface area contributed by atoms with Crippen molar-refractivity contribution in [2.24, 2.45) is 7.05 Å². The summed E-state index contributed by atoms with van der Waals surface area (Å²) in [5.74, 6) is 1.90. The van der Waals surface area contributed by atoms with E-state index in [4.69, 9.17) is 0 Å². The summed E-state index contributed by atoms with van der Waals surface area (Å²) in [6, 6.07) is 9.10. The fourth-order valence-electron chi connectivity index (χ4n) is 2.60. The van der Waals surface area contributed by atoms with Crippen LogP contribution in [-0.2, 0) is 7.05 Å². The number of aromatic nitrogens is 7. The van der Waals surface area contributed by atoms with Gasteiger partial charge in [0.25, 0.3) is 5.91 Å². The standard InChI is InChI=1S/C18H17N9O/c1-12-19-7-8-27(12)17-9-16(20-11-21-17)22-13-3-5-14(6-4-13)23-18(28)15-10-26(2)25-24-15/h3-11H,1-2H3,(H,23,28)(H,20,21,22). The van der Waals surface area contributed by atoms with Crippen LogP contribution < -0.4 is 10.6 Å². The van der Waals surface area contributed by atoms with E-state index in [-0.39, 0.29) is 11.6 Å². The van der Waals surface area contributed by atoms with Crippen molar-refractivity contribution in [3.8, 4) is 5.82 Å². The molecule has 0 saturated carbocycles. The van der Waals surface area contributed by atoms with Gasteiger partial charge in [-0.05, 0) is 31.2 Å². The highest BCUT2D eigenvalue weighted by Crippen LogP contribution is 2.19. The number of nitrogens with one attached hydrogen (secondary N) is 2. The van der Waals surface area contributed by atoms with Crippen molar-refractivity contribution in [1.82, 2.24) is 34.5 Å². The molecule has 0 bridgehead atoms. The molecule has 2 N–H and O–H groups in total. The topological polar surface area (TPSA) is 115 Å². The van der Waals surface area contributed by atoms with E-state index >= 15 is 0 Å². The van der Waals surface area contributed by atoms with Gasteiger partial charge in [-0.15, -0.1) is 5.10 Å². The Morgan fingerprint density at radius 2 is 1.86 bits per heavy atom. The quantitative estimate of drug-likeness (QED) is 0.549. The van der Waals surface area contributed by atoms with E-state index < -0.39 is 0 Å². The van der Waals surface area contributed by atoms with Crippen LogP contribution in [0.1, 0.15) is 16.3 Å². The van der Waals surface area contributed by atoms with Crippen LogP contribution in [0, 0.1) is 6.92 Å².